The van der Waals surface area contributed by atoms with Crippen LogP contribution >= 0.6 is 23.4 Å². The van der Waals surface area contributed by atoms with Crippen molar-refractivity contribution in [2.75, 3.05) is 22.5 Å². The van der Waals surface area contributed by atoms with Gasteiger partial charge in [0.2, 0.25) is 11.8 Å². The molecule has 0 radical (unpaired) electrons. The number of hydrogen-bond acceptors (Lipinski definition) is 6. The Morgan fingerprint density at radius 2 is 2.07 bits per heavy atom. The van der Waals surface area contributed by atoms with Gasteiger partial charge in [-0.1, -0.05) is 29.8 Å². The topological polar surface area (TPSA) is 85.5 Å². The van der Waals surface area contributed by atoms with E-state index in [1.54, 1.807) is 4.90 Å². The summed E-state index contributed by atoms with van der Waals surface area (Å²) in [6, 6.07) is 13.4. The van der Waals surface area contributed by atoms with Crippen LogP contribution in [0.15, 0.2) is 48.5 Å². The first-order chi connectivity index (χ1) is 14.0. The summed E-state index contributed by atoms with van der Waals surface area (Å²) < 4.78 is 13.3. The van der Waals surface area contributed by atoms with Crippen molar-refractivity contribution in [3.8, 4) is 0 Å². The van der Waals surface area contributed by atoms with E-state index < -0.39 is 11.3 Å². The van der Waals surface area contributed by atoms with Crippen molar-refractivity contribution in [2.24, 2.45) is 5.92 Å². The van der Waals surface area contributed by atoms with Crippen LogP contribution in [0.4, 0.5) is 15.8 Å². The van der Waals surface area contributed by atoms with Gasteiger partial charge in [0.05, 0.1) is 22.9 Å². The molecule has 2 amide bonds. The van der Waals surface area contributed by atoms with Crippen molar-refractivity contribution in [1.29, 1.82) is 0 Å². The fourth-order valence-corrected chi connectivity index (χ4v) is 4.49. The number of nitrogens with one attached hydrogen (secondary N) is 4. The molecular formula is C19H19ClFN5O2S. The Balaban J connectivity index is 1.45. The molecule has 10 heteroatoms. The number of thioether (sulfide) groups is 1. The molecule has 0 spiro atoms. The number of halogens is 2. The van der Waals surface area contributed by atoms with Crippen molar-refractivity contribution in [3.63, 3.8) is 0 Å². The van der Waals surface area contributed by atoms with Gasteiger partial charge < -0.3 is 5.32 Å². The molecule has 2 aliphatic heterocycles. The molecule has 2 heterocycles. The van der Waals surface area contributed by atoms with E-state index in [4.69, 9.17) is 11.6 Å². The van der Waals surface area contributed by atoms with Gasteiger partial charge in [-0.2, -0.15) is 0 Å². The molecule has 2 aromatic carbocycles. The number of amides is 2. The van der Waals surface area contributed by atoms with Gasteiger partial charge in [0, 0.05) is 17.9 Å². The highest BCUT2D eigenvalue weighted by atomic mass is 35.5. The number of anilines is 2. The van der Waals surface area contributed by atoms with Crippen molar-refractivity contribution in [1.82, 2.24) is 16.2 Å². The van der Waals surface area contributed by atoms with E-state index in [1.807, 2.05) is 30.3 Å². The van der Waals surface area contributed by atoms with Crippen molar-refractivity contribution in [2.45, 2.75) is 11.7 Å². The lowest BCUT2D eigenvalue weighted by molar-refractivity contribution is -0.124. The monoisotopic (exact) mass is 435 g/mol. The van der Waals surface area contributed by atoms with Crippen LogP contribution in [0, 0.1) is 11.7 Å². The first kappa shape index (κ1) is 20.1. The summed E-state index contributed by atoms with van der Waals surface area (Å²) in [5.74, 6) is -0.981. The molecule has 0 bridgehead atoms. The molecule has 0 aliphatic carbocycles. The number of para-hydroxylation sites is 1. The molecule has 2 aromatic rings. The van der Waals surface area contributed by atoms with E-state index in [0.717, 1.165) is 5.69 Å². The third-order valence-electron chi connectivity index (χ3n) is 4.70. The SMILES string of the molecule is O=C(CSC1NC2NNCC2C(=O)N1c1ccccc1)Nc1ccc(F)c(Cl)c1. The van der Waals surface area contributed by atoms with E-state index >= 15 is 0 Å². The number of fused-ring (bicyclic) bond motifs is 1. The normalized spacial score (nSPS) is 23.7. The minimum Gasteiger partial charge on any atom is -0.325 e. The quantitative estimate of drug-likeness (QED) is 0.575. The summed E-state index contributed by atoms with van der Waals surface area (Å²) in [4.78, 5) is 27.1. The lowest BCUT2D eigenvalue weighted by Gasteiger charge is -2.41. The molecule has 3 atom stereocenters. The standard InChI is InChI=1S/C19H19ClFN5O2S/c20-14-8-11(6-7-15(14)21)23-16(27)10-29-19-24-17-13(9-22-25-17)18(28)26(19)12-4-2-1-3-5-12/h1-8,13,17,19,22,24-25H,9-10H2,(H,23,27). The van der Waals surface area contributed by atoms with Crippen LogP contribution in [-0.2, 0) is 9.59 Å². The Kier molecular flexibility index (Phi) is 6.02. The predicted molar refractivity (Wildman–Crippen MR) is 112 cm³/mol. The van der Waals surface area contributed by atoms with E-state index in [1.165, 1.54) is 30.0 Å². The third kappa shape index (κ3) is 4.39. The molecule has 4 rings (SSSR count). The second kappa shape index (κ2) is 8.68. The maximum absolute atomic E-state index is 13.3. The van der Waals surface area contributed by atoms with Crippen LogP contribution in [0.2, 0.25) is 5.02 Å². The van der Waals surface area contributed by atoms with Gasteiger partial charge in [0.1, 0.15) is 11.3 Å². The van der Waals surface area contributed by atoms with Crippen LogP contribution in [0.25, 0.3) is 0 Å². The van der Waals surface area contributed by atoms with Crippen LogP contribution in [0.5, 0.6) is 0 Å². The fourth-order valence-electron chi connectivity index (χ4n) is 3.31. The zero-order chi connectivity index (χ0) is 20.4. The van der Waals surface area contributed by atoms with Gasteiger partial charge in [-0.15, -0.1) is 11.8 Å². The minimum atomic E-state index is -0.547. The largest absolute Gasteiger partial charge is 0.325 e. The van der Waals surface area contributed by atoms with E-state index in [0.29, 0.717) is 12.2 Å². The highest BCUT2D eigenvalue weighted by Crippen LogP contribution is 2.30. The lowest BCUT2D eigenvalue weighted by atomic mass is 10.0. The van der Waals surface area contributed by atoms with Crippen molar-refractivity contribution < 1.29 is 14.0 Å². The third-order valence-corrected chi connectivity index (χ3v) is 6.08. The maximum atomic E-state index is 13.3. The highest BCUT2D eigenvalue weighted by molar-refractivity contribution is 8.00. The highest BCUT2D eigenvalue weighted by Gasteiger charge is 2.44. The zero-order valence-corrected chi connectivity index (χ0v) is 16.8. The van der Waals surface area contributed by atoms with Crippen molar-refractivity contribution >= 4 is 46.6 Å². The number of hydrogen-bond donors (Lipinski definition) is 4. The Hall–Kier alpha value is -2.17. The van der Waals surface area contributed by atoms with Crippen LogP contribution < -0.4 is 26.4 Å². The van der Waals surface area contributed by atoms with Gasteiger partial charge in [-0.05, 0) is 30.3 Å². The Labute approximate surface area is 176 Å². The number of carbonyl (C=O) groups excluding carboxylic acids is 2. The zero-order valence-electron chi connectivity index (χ0n) is 15.2. The number of hydrazine groups is 1. The van der Waals surface area contributed by atoms with E-state index in [-0.39, 0.29) is 34.7 Å². The number of carbonyl (C=O) groups is 2. The fraction of sp³-hybridized carbons (Fsp3) is 0.263. The van der Waals surface area contributed by atoms with Gasteiger partial charge in [-0.25, -0.2) is 9.82 Å². The lowest BCUT2D eigenvalue weighted by Crippen LogP contribution is -2.64. The summed E-state index contributed by atoms with van der Waals surface area (Å²) in [5.41, 5.74) is 6.81. The average Bonchev–Trinajstić information content (AvgIpc) is 3.19. The van der Waals surface area contributed by atoms with E-state index in [2.05, 4.69) is 21.5 Å². The molecule has 2 saturated heterocycles. The second-order valence-electron chi connectivity index (χ2n) is 6.66. The van der Waals surface area contributed by atoms with Crippen LogP contribution in [-0.4, -0.2) is 35.8 Å². The molecule has 152 valence electrons. The maximum Gasteiger partial charge on any atom is 0.236 e. The predicted octanol–water partition coefficient (Wildman–Crippen LogP) is 2.12. The number of benzene rings is 2. The molecule has 29 heavy (non-hydrogen) atoms. The molecular weight excluding hydrogens is 417 g/mol. The molecule has 3 unspecified atom stereocenters. The van der Waals surface area contributed by atoms with Gasteiger partial charge >= 0.3 is 0 Å². The summed E-state index contributed by atoms with van der Waals surface area (Å²) in [7, 11) is 0. The minimum absolute atomic E-state index is 0.0133. The molecule has 0 aromatic heterocycles. The first-order valence-corrected chi connectivity index (χ1v) is 10.4. The second-order valence-corrected chi connectivity index (χ2v) is 8.14. The smallest absolute Gasteiger partial charge is 0.236 e. The van der Waals surface area contributed by atoms with Crippen LogP contribution in [0.3, 0.4) is 0 Å². The molecule has 4 N–H and O–H groups in total. The molecule has 2 aliphatic rings. The van der Waals surface area contributed by atoms with Crippen LogP contribution in [0.1, 0.15) is 0 Å². The summed E-state index contributed by atoms with van der Waals surface area (Å²) >= 11 is 7.05. The summed E-state index contributed by atoms with van der Waals surface area (Å²) in [5, 5.41) is 6.01. The average molecular weight is 436 g/mol. The number of rotatable bonds is 5. The Morgan fingerprint density at radius 3 is 2.83 bits per heavy atom. The molecule has 7 nitrogen and oxygen atoms in total. The van der Waals surface area contributed by atoms with Gasteiger partial charge in [0.25, 0.3) is 0 Å². The first-order valence-electron chi connectivity index (χ1n) is 9.02. The number of nitrogens with zero attached hydrogens (tertiary/aromatic N) is 1. The van der Waals surface area contributed by atoms with Gasteiger partial charge in [0.15, 0.2) is 0 Å². The molecule has 0 saturated carbocycles. The summed E-state index contributed by atoms with van der Waals surface area (Å²) in [6.45, 7) is 0.531. The molecule has 2 fully saturated rings. The Bertz CT molecular complexity index is 919. The van der Waals surface area contributed by atoms with Crippen molar-refractivity contribution in [3.05, 3.63) is 59.4 Å². The van der Waals surface area contributed by atoms with E-state index in [9.17, 15) is 14.0 Å². The van der Waals surface area contributed by atoms with Gasteiger partial charge in [-0.3, -0.25) is 25.2 Å². The Morgan fingerprint density at radius 1 is 1.28 bits per heavy atom. The summed E-state index contributed by atoms with van der Waals surface area (Å²) in [6.07, 6.45) is -0.209.